The third-order valence-electron chi connectivity index (χ3n) is 20.2. The van der Waals surface area contributed by atoms with Gasteiger partial charge in [0.1, 0.15) is 69.0 Å². The first-order chi connectivity index (χ1) is 57.3. The molecule has 0 amide bonds. The first-order valence-corrected chi connectivity index (χ1v) is 37.9. The molecule has 0 aliphatic heterocycles. The van der Waals surface area contributed by atoms with Crippen LogP contribution in [0.1, 0.15) is 66.8 Å². The summed E-state index contributed by atoms with van der Waals surface area (Å²) in [7, 11) is 20.1. The molecule has 117 heavy (non-hydrogen) atoms. The number of ether oxygens (including phenoxy) is 12. The summed E-state index contributed by atoms with van der Waals surface area (Å²) in [6.07, 6.45) is 13.2. The minimum atomic E-state index is 0.668. The van der Waals surface area contributed by atoms with E-state index in [1.807, 2.05) is 146 Å². The van der Waals surface area contributed by atoms with Gasteiger partial charge in [0, 0.05) is 87.7 Å². The second kappa shape index (κ2) is 38.7. The van der Waals surface area contributed by atoms with E-state index in [4.69, 9.17) is 56.8 Å². The van der Waals surface area contributed by atoms with E-state index in [0.29, 0.717) is 86.1 Å². The van der Waals surface area contributed by atoms with Gasteiger partial charge >= 0.3 is 0 Å². The van der Waals surface area contributed by atoms with Crippen LogP contribution >= 0.6 is 0 Å². The average molecular weight is 1550 g/mol. The largest absolute Gasteiger partial charge is 0.497 e. The molecule has 0 aliphatic rings. The van der Waals surface area contributed by atoms with Crippen molar-refractivity contribution in [3.05, 3.63) is 413 Å². The number of rotatable bonds is 33. The normalized spacial score (nSPS) is 10.8. The molecule has 588 valence electrons. The number of hydrogen-bond acceptors (Lipinski definition) is 15. The Hall–Kier alpha value is -14.7. The monoisotopic (exact) mass is 1550 g/mol. The molecule has 0 fully saturated rings. The maximum atomic E-state index is 6.07. The smallest absolute Gasteiger partial charge is 0.119 e. The fourth-order valence-electron chi connectivity index (χ4n) is 13.6. The molecule has 0 atom stereocenters. The number of anilines is 3. The van der Waals surface area contributed by atoms with Crippen LogP contribution in [-0.2, 0) is 0 Å². The van der Waals surface area contributed by atoms with Crippen molar-refractivity contribution in [2.45, 2.75) is 0 Å². The van der Waals surface area contributed by atoms with Gasteiger partial charge in [-0.3, -0.25) is 0 Å². The predicted octanol–water partition coefficient (Wildman–Crippen LogP) is 22.7. The Morgan fingerprint density at radius 1 is 0.154 bits per heavy atom. The van der Waals surface area contributed by atoms with Crippen LogP contribution in [0.4, 0.5) is 17.1 Å². The fraction of sp³-hybridized carbons (Fsp3) is 0.118. The Balaban J connectivity index is 1.26. The van der Waals surface area contributed by atoms with Crippen molar-refractivity contribution in [1.82, 2.24) is 0 Å². The fourth-order valence-corrected chi connectivity index (χ4v) is 13.6. The number of nitrogens with zero attached hydrogens (tertiary/aromatic N) is 3. The van der Waals surface area contributed by atoms with Gasteiger partial charge < -0.3 is 71.5 Å². The molecular weight excluding hydrogens is 1460 g/mol. The maximum absolute atomic E-state index is 6.07. The third kappa shape index (κ3) is 19.7. The highest BCUT2D eigenvalue weighted by molar-refractivity contribution is 5.93. The summed E-state index contributed by atoms with van der Waals surface area (Å²) in [5, 5.41) is 0. The van der Waals surface area contributed by atoms with Gasteiger partial charge in [0.25, 0.3) is 0 Å². The minimum absolute atomic E-state index is 0.668. The molecule has 0 spiro atoms. The molecule has 0 aliphatic carbocycles. The number of hydrogen-bond donors (Lipinski definition) is 0. The molecule has 0 bridgehead atoms. The van der Waals surface area contributed by atoms with Gasteiger partial charge in [-0.2, -0.15) is 0 Å². The highest BCUT2D eigenvalue weighted by Crippen LogP contribution is 2.43. The Morgan fingerprint density at radius 2 is 0.291 bits per heavy atom. The van der Waals surface area contributed by atoms with Crippen LogP contribution in [0.15, 0.2) is 347 Å². The molecule has 0 N–H and O–H groups in total. The summed E-state index contributed by atoms with van der Waals surface area (Å²) in [4.78, 5) is 6.66. The van der Waals surface area contributed by atoms with Crippen molar-refractivity contribution < 1.29 is 56.8 Å². The lowest BCUT2D eigenvalue weighted by atomic mass is 9.96. The Labute approximate surface area is 685 Å². The van der Waals surface area contributed by atoms with E-state index in [0.717, 1.165) is 100 Å². The highest BCUT2D eigenvalue weighted by atomic mass is 16.5. The molecule has 0 heterocycles. The maximum Gasteiger partial charge on any atom is 0.119 e. The molecule has 0 aromatic heterocycles. The minimum Gasteiger partial charge on any atom is -0.497 e. The van der Waals surface area contributed by atoms with Gasteiger partial charge in [-0.05, 0) is 231 Å². The summed E-state index contributed by atoms with van der Waals surface area (Å²) >= 11 is 0. The van der Waals surface area contributed by atoms with E-state index in [9.17, 15) is 0 Å². The van der Waals surface area contributed by atoms with Crippen LogP contribution in [0.5, 0.6) is 69.0 Å². The van der Waals surface area contributed by atoms with Gasteiger partial charge in [0.15, 0.2) is 0 Å². The van der Waals surface area contributed by atoms with Crippen LogP contribution in [0.25, 0.3) is 33.4 Å². The Morgan fingerprint density at radius 3 is 0.427 bits per heavy atom. The molecule has 13 rings (SSSR count). The van der Waals surface area contributed by atoms with E-state index < -0.39 is 0 Å². The van der Waals surface area contributed by atoms with Crippen LogP contribution in [0, 0.1) is 0 Å². The Kier molecular flexibility index (Phi) is 26.6. The van der Waals surface area contributed by atoms with E-state index in [1.165, 1.54) is 0 Å². The molecular formula is C102H93N3O12. The van der Waals surface area contributed by atoms with E-state index in [1.54, 1.807) is 85.3 Å². The molecule has 0 saturated heterocycles. The zero-order valence-corrected chi connectivity index (χ0v) is 67.6. The van der Waals surface area contributed by atoms with Crippen molar-refractivity contribution in [2.24, 2.45) is 0 Å². The van der Waals surface area contributed by atoms with Crippen molar-refractivity contribution in [3.8, 4) is 69.0 Å². The summed E-state index contributed by atoms with van der Waals surface area (Å²) in [5.74, 6) is 8.35. The number of methoxy groups -OCH3 is 12. The van der Waals surface area contributed by atoms with Gasteiger partial charge in [-0.1, -0.05) is 146 Å². The molecule has 0 unspecified atom stereocenters. The second-order valence-electron chi connectivity index (χ2n) is 26.9. The van der Waals surface area contributed by atoms with E-state index in [-0.39, 0.29) is 0 Å². The standard InChI is InChI=1S/C102H93N3O12/c1-106-85-38-16-70(17-39-85)97(71-18-40-86(107-2)41-19-71)64-103(65-98(72-20-42-87(108-3)43-21-72)73-22-44-88(109-4)45-23-73)82-61-83(104(66-99(74-24-46-89(110-5)47-25-74)75-26-48-90(111-6)49-27-75)67-100(76-28-50-91(112-7)51-29-76)77-30-52-92(113-8)53-31-77)63-84(62-82)105(68-101(78-32-54-93(114-9)55-33-78)79-34-56-94(115-10)57-35-79)69-102(80-36-58-95(116-11)59-37-80)81-14-13-15-96(60-81)117-12/h13-69H,1-12H3. The van der Waals surface area contributed by atoms with Gasteiger partial charge in [0.2, 0.25) is 0 Å². The summed E-state index contributed by atoms with van der Waals surface area (Å²) in [6.45, 7) is 0. The third-order valence-corrected chi connectivity index (χ3v) is 20.2. The lowest BCUT2D eigenvalue weighted by Crippen LogP contribution is -2.17. The van der Waals surface area contributed by atoms with Crippen molar-refractivity contribution in [2.75, 3.05) is 100 Å². The summed E-state index contributed by atoms with van der Waals surface area (Å²) < 4.78 is 70.6. The predicted molar refractivity (Wildman–Crippen MR) is 472 cm³/mol. The molecule has 0 saturated carbocycles. The molecule has 15 nitrogen and oxygen atoms in total. The van der Waals surface area contributed by atoms with Crippen molar-refractivity contribution >= 4 is 50.5 Å². The number of benzene rings is 13. The summed E-state index contributed by atoms with van der Waals surface area (Å²) in [5.41, 5.74) is 17.9. The molecule has 13 aromatic rings. The Bertz CT molecular complexity index is 4940. The lowest BCUT2D eigenvalue weighted by Gasteiger charge is -2.29. The van der Waals surface area contributed by atoms with E-state index in [2.05, 4.69) is 216 Å². The molecule has 13 aromatic carbocycles. The molecule has 0 radical (unpaired) electrons. The second-order valence-corrected chi connectivity index (χ2v) is 26.9. The van der Waals surface area contributed by atoms with Crippen LogP contribution in [-0.4, -0.2) is 85.3 Å². The van der Waals surface area contributed by atoms with Gasteiger partial charge in [-0.25, -0.2) is 0 Å². The molecule has 15 heteroatoms. The van der Waals surface area contributed by atoms with Gasteiger partial charge in [0.05, 0.1) is 85.3 Å². The van der Waals surface area contributed by atoms with Crippen molar-refractivity contribution in [3.63, 3.8) is 0 Å². The first-order valence-electron chi connectivity index (χ1n) is 37.9. The zero-order valence-electron chi connectivity index (χ0n) is 67.6. The first kappa shape index (κ1) is 80.4. The van der Waals surface area contributed by atoms with Crippen LogP contribution in [0.3, 0.4) is 0 Å². The van der Waals surface area contributed by atoms with Crippen molar-refractivity contribution in [1.29, 1.82) is 0 Å². The van der Waals surface area contributed by atoms with E-state index >= 15 is 0 Å². The SMILES string of the molecule is COc1ccc(C(=CN(C=C(c2ccc(OC)cc2)c2ccc(OC)cc2)c2cc(N(C=C(c3ccc(OC)cc3)c3ccc(OC)cc3)C=C(c3ccc(OC)cc3)c3ccc(OC)cc3)cc(N(C=C(c3ccc(OC)cc3)c3ccc(OC)cc3)C=C(c3ccc(OC)cc3)c3cccc(OC)c3)c2)c2ccc(OC)cc2)cc1. The highest BCUT2D eigenvalue weighted by Gasteiger charge is 2.23. The quantitative estimate of drug-likeness (QED) is 0.0388. The van der Waals surface area contributed by atoms with Crippen LogP contribution < -0.4 is 71.5 Å². The average Bonchev–Trinajstić information content (AvgIpc) is 0.768. The topological polar surface area (TPSA) is 120 Å². The summed E-state index contributed by atoms with van der Waals surface area (Å²) in [6, 6.07) is 104. The zero-order chi connectivity index (χ0) is 81.6. The lowest BCUT2D eigenvalue weighted by molar-refractivity contribution is 0.414. The van der Waals surface area contributed by atoms with Crippen LogP contribution in [0.2, 0.25) is 0 Å². The van der Waals surface area contributed by atoms with Gasteiger partial charge in [-0.15, -0.1) is 0 Å².